The minimum Gasteiger partial charge on any atom is -0.469 e. The van der Waals surface area contributed by atoms with Crippen LogP contribution in [-0.4, -0.2) is 29.6 Å². The normalized spacial score (nSPS) is 33.1. The van der Waals surface area contributed by atoms with Gasteiger partial charge in [-0.25, -0.2) is 0 Å². The highest BCUT2D eigenvalue weighted by atomic mass is 16.5. The minimum atomic E-state index is -1.25. The van der Waals surface area contributed by atoms with Crippen LogP contribution in [0.3, 0.4) is 0 Å². The summed E-state index contributed by atoms with van der Waals surface area (Å²) >= 11 is 0. The van der Waals surface area contributed by atoms with Gasteiger partial charge in [-0.15, -0.1) is 0 Å². The molecule has 0 atom stereocenters. The third-order valence-electron chi connectivity index (χ3n) is 3.23. The molecule has 0 unspecified atom stereocenters. The van der Waals surface area contributed by atoms with Crippen molar-refractivity contribution in [3.05, 3.63) is 0 Å². The van der Waals surface area contributed by atoms with E-state index < -0.39 is 11.7 Å². The van der Waals surface area contributed by atoms with Crippen molar-refractivity contribution in [2.24, 2.45) is 11.3 Å². The summed E-state index contributed by atoms with van der Waals surface area (Å²) in [5.74, 6) is -0.281. The van der Waals surface area contributed by atoms with E-state index in [-0.39, 0.29) is 11.9 Å². The van der Waals surface area contributed by atoms with E-state index in [1.54, 1.807) is 0 Å². The van der Waals surface area contributed by atoms with Crippen molar-refractivity contribution in [3.63, 3.8) is 0 Å². The lowest BCUT2D eigenvalue weighted by atomic mass is 9.71. The Morgan fingerprint density at radius 2 is 1.93 bits per heavy atom. The lowest BCUT2D eigenvalue weighted by Crippen LogP contribution is -2.36. The zero-order chi connectivity index (χ0) is 10.8. The fourth-order valence-electron chi connectivity index (χ4n) is 2.03. The number of methoxy groups -OCH3 is 1. The summed E-state index contributed by atoms with van der Waals surface area (Å²) in [6, 6.07) is 0. The first-order chi connectivity index (χ1) is 6.49. The van der Waals surface area contributed by atoms with Gasteiger partial charge in [-0.2, -0.15) is 0 Å². The van der Waals surface area contributed by atoms with E-state index in [9.17, 15) is 4.79 Å². The van der Waals surface area contributed by atoms with Crippen LogP contribution in [0.25, 0.3) is 0 Å². The second-order valence-corrected chi connectivity index (χ2v) is 4.30. The zero-order valence-electron chi connectivity index (χ0n) is 8.69. The molecule has 0 aromatic rings. The summed E-state index contributed by atoms with van der Waals surface area (Å²) in [6.45, 7) is 1.87. The number of hydrogen-bond acceptors (Lipinski definition) is 4. The van der Waals surface area contributed by atoms with Crippen molar-refractivity contribution >= 4 is 5.97 Å². The lowest BCUT2D eigenvalue weighted by molar-refractivity contribution is -0.157. The molecule has 0 spiro atoms. The number of esters is 1. The number of hydrogen-bond donors (Lipinski definition) is 2. The van der Waals surface area contributed by atoms with E-state index in [4.69, 9.17) is 14.9 Å². The van der Waals surface area contributed by atoms with Gasteiger partial charge in [0.25, 0.3) is 0 Å². The van der Waals surface area contributed by atoms with E-state index in [0.29, 0.717) is 25.7 Å². The van der Waals surface area contributed by atoms with Gasteiger partial charge in [0.2, 0.25) is 0 Å². The van der Waals surface area contributed by atoms with Crippen molar-refractivity contribution in [1.82, 2.24) is 0 Å². The third kappa shape index (κ3) is 2.25. The van der Waals surface area contributed by atoms with Gasteiger partial charge in [0.05, 0.1) is 12.5 Å². The van der Waals surface area contributed by atoms with Crippen LogP contribution in [-0.2, 0) is 9.53 Å². The molecule has 4 nitrogen and oxygen atoms in total. The van der Waals surface area contributed by atoms with Crippen LogP contribution in [0.1, 0.15) is 32.6 Å². The smallest absolute Gasteiger partial charge is 0.311 e. The molecule has 1 saturated carbocycles. The Balaban J connectivity index is 2.53. The summed E-state index contributed by atoms with van der Waals surface area (Å²) < 4.78 is 4.72. The maximum absolute atomic E-state index is 11.4. The van der Waals surface area contributed by atoms with E-state index in [2.05, 4.69) is 0 Å². The molecule has 0 bridgehead atoms. The van der Waals surface area contributed by atoms with Crippen molar-refractivity contribution in [2.75, 3.05) is 7.11 Å². The highest BCUT2D eigenvalue weighted by Crippen LogP contribution is 2.40. The van der Waals surface area contributed by atoms with Crippen molar-refractivity contribution in [2.45, 2.75) is 38.9 Å². The predicted octanol–water partition coefficient (Wildman–Crippen LogP) is 0.667. The van der Waals surface area contributed by atoms with Crippen LogP contribution in [0.2, 0.25) is 0 Å². The molecular formula is C10H18O4. The van der Waals surface area contributed by atoms with Crippen LogP contribution < -0.4 is 0 Å². The van der Waals surface area contributed by atoms with Gasteiger partial charge in [-0.3, -0.25) is 4.79 Å². The first-order valence-corrected chi connectivity index (χ1v) is 4.94. The van der Waals surface area contributed by atoms with Crippen molar-refractivity contribution in [3.8, 4) is 0 Å². The molecule has 0 aliphatic heterocycles. The lowest BCUT2D eigenvalue weighted by Gasteiger charge is -2.35. The first kappa shape index (κ1) is 11.5. The van der Waals surface area contributed by atoms with Crippen molar-refractivity contribution in [1.29, 1.82) is 0 Å². The molecule has 1 aliphatic carbocycles. The topological polar surface area (TPSA) is 66.8 Å². The second kappa shape index (κ2) is 4.28. The number of carbonyl (C=O) groups is 1. The molecule has 1 aliphatic rings. The Morgan fingerprint density at radius 1 is 1.43 bits per heavy atom. The molecular weight excluding hydrogens is 184 g/mol. The molecule has 2 N–H and O–H groups in total. The van der Waals surface area contributed by atoms with Crippen LogP contribution in [0, 0.1) is 11.3 Å². The third-order valence-corrected chi connectivity index (χ3v) is 3.23. The Kier molecular flexibility index (Phi) is 3.50. The number of carbonyl (C=O) groups excluding carboxylic acids is 1. The summed E-state index contributed by atoms with van der Waals surface area (Å²) in [6.07, 6.45) is 1.42. The number of ether oxygens (including phenoxy) is 1. The van der Waals surface area contributed by atoms with Gasteiger partial charge >= 0.3 is 5.97 Å². The fourth-order valence-corrected chi connectivity index (χ4v) is 2.03. The van der Waals surface area contributed by atoms with Gasteiger partial charge in [-0.05, 0) is 32.6 Å². The highest BCUT2D eigenvalue weighted by molar-refractivity contribution is 5.76. The molecule has 0 aromatic carbocycles. The molecule has 0 aromatic heterocycles. The first-order valence-electron chi connectivity index (χ1n) is 4.94. The molecule has 14 heavy (non-hydrogen) atoms. The van der Waals surface area contributed by atoms with Gasteiger partial charge < -0.3 is 14.9 Å². The average Bonchev–Trinajstić information content (AvgIpc) is 2.17. The molecule has 1 rings (SSSR count). The zero-order valence-corrected chi connectivity index (χ0v) is 8.69. The fraction of sp³-hybridized carbons (Fsp3) is 0.900. The van der Waals surface area contributed by atoms with Gasteiger partial charge in [-0.1, -0.05) is 0 Å². The maximum atomic E-state index is 11.4. The van der Waals surface area contributed by atoms with E-state index >= 15 is 0 Å². The molecule has 0 heterocycles. The summed E-state index contributed by atoms with van der Waals surface area (Å²) in [4.78, 5) is 11.4. The Labute approximate surface area is 83.9 Å². The Bertz CT molecular complexity index is 204. The largest absolute Gasteiger partial charge is 0.469 e. The van der Waals surface area contributed by atoms with Gasteiger partial charge in [0.15, 0.2) is 6.29 Å². The molecule has 0 amide bonds. The molecule has 1 fully saturated rings. The number of rotatable bonds is 2. The van der Waals surface area contributed by atoms with Gasteiger partial charge in [0.1, 0.15) is 0 Å². The highest BCUT2D eigenvalue weighted by Gasteiger charge is 2.39. The van der Waals surface area contributed by atoms with Crippen LogP contribution in [0.15, 0.2) is 0 Å². The summed E-state index contributed by atoms with van der Waals surface area (Å²) in [7, 11) is 1.39. The number of aliphatic hydroxyl groups is 2. The number of aliphatic hydroxyl groups excluding tert-OH is 1. The van der Waals surface area contributed by atoms with Crippen molar-refractivity contribution < 1.29 is 19.7 Å². The SMILES string of the molecule is COC(=O)C1(C)CCC(C(O)O)CC1. The quantitative estimate of drug-likeness (QED) is 0.510. The second-order valence-electron chi connectivity index (χ2n) is 4.30. The predicted molar refractivity (Wildman–Crippen MR) is 50.3 cm³/mol. The molecule has 0 saturated heterocycles. The molecule has 0 radical (unpaired) electrons. The van der Waals surface area contributed by atoms with Crippen LogP contribution >= 0.6 is 0 Å². The van der Waals surface area contributed by atoms with E-state index in [1.165, 1.54) is 7.11 Å². The summed E-state index contributed by atoms with van der Waals surface area (Å²) in [5.41, 5.74) is -0.430. The monoisotopic (exact) mass is 202 g/mol. The summed E-state index contributed by atoms with van der Waals surface area (Å²) in [5, 5.41) is 18.0. The van der Waals surface area contributed by atoms with E-state index in [1.807, 2.05) is 6.92 Å². The van der Waals surface area contributed by atoms with E-state index in [0.717, 1.165) is 0 Å². The Hall–Kier alpha value is -0.610. The molecule has 4 heteroatoms. The molecule has 82 valence electrons. The standard InChI is InChI=1S/C10H18O4/c1-10(9(13)14-2)5-3-7(4-6-10)8(11)12/h7-8,11-12H,3-6H2,1-2H3. The average molecular weight is 202 g/mol. The van der Waals surface area contributed by atoms with Crippen LogP contribution in [0.5, 0.6) is 0 Å². The minimum absolute atomic E-state index is 0.0901. The Morgan fingerprint density at radius 3 is 2.29 bits per heavy atom. The van der Waals surface area contributed by atoms with Crippen LogP contribution in [0.4, 0.5) is 0 Å². The van der Waals surface area contributed by atoms with Gasteiger partial charge in [0, 0.05) is 5.92 Å². The maximum Gasteiger partial charge on any atom is 0.311 e.